The predicted octanol–water partition coefficient (Wildman–Crippen LogP) is 4.09. The highest BCUT2D eigenvalue weighted by molar-refractivity contribution is 7.82. The SMILES string of the molecule is COc1ccc2[nH]cc(CCNC(=O)[C@](S)(CC(C)C)NC(=O)CCCCN3C(=O)c4ccccc4C3=O)c2c1. The van der Waals surface area contributed by atoms with Gasteiger partial charge in [-0.05, 0) is 67.5 Å². The van der Waals surface area contributed by atoms with E-state index in [4.69, 9.17) is 4.74 Å². The maximum Gasteiger partial charge on any atom is 0.261 e. The Morgan fingerprint density at radius 2 is 1.77 bits per heavy atom. The number of aromatic nitrogens is 1. The van der Waals surface area contributed by atoms with Crippen molar-refractivity contribution in [3.63, 3.8) is 0 Å². The molecule has 0 radical (unpaired) electrons. The molecule has 1 aliphatic rings. The van der Waals surface area contributed by atoms with Crippen molar-refractivity contribution in [1.82, 2.24) is 20.5 Å². The summed E-state index contributed by atoms with van der Waals surface area (Å²) >= 11 is 4.63. The normalized spacial score (nSPS) is 14.4. The van der Waals surface area contributed by atoms with Crippen LogP contribution in [0.15, 0.2) is 48.7 Å². The average molecular weight is 565 g/mol. The number of amides is 4. The number of benzene rings is 2. The van der Waals surface area contributed by atoms with Gasteiger partial charge in [0.25, 0.3) is 17.7 Å². The number of thiol groups is 1. The minimum atomic E-state index is -1.36. The highest BCUT2D eigenvalue weighted by Gasteiger charge is 2.37. The third-order valence-corrected chi connectivity index (χ3v) is 7.49. The lowest BCUT2D eigenvalue weighted by Gasteiger charge is -2.30. The van der Waals surface area contributed by atoms with Crippen molar-refractivity contribution < 1.29 is 23.9 Å². The molecule has 1 atom stereocenters. The van der Waals surface area contributed by atoms with Crippen molar-refractivity contribution in [2.45, 2.75) is 50.8 Å². The number of H-pyrrole nitrogens is 1. The van der Waals surface area contributed by atoms with E-state index in [1.54, 1.807) is 31.4 Å². The summed E-state index contributed by atoms with van der Waals surface area (Å²) in [5.74, 6) is -0.411. The third-order valence-electron chi connectivity index (χ3n) is 6.99. The van der Waals surface area contributed by atoms with Gasteiger partial charge in [0, 0.05) is 36.6 Å². The summed E-state index contributed by atoms with van der Waals surface area (Å²) < 4.78 is 5.33. The molecule has 3 N–H and O–H groups in total. The molecule has 2 heterocycles. The molecule has 4 amide bonds. The first kappa shape index (κ1) is 29.2. The summed E-state index contributed by atoms with van der Waals surface area (Å²) in [4.78, 5) is 54.1. The Morgan fingerprint density at radius 3 is 2.42 bits per heavy atom. The summed E-state index contributed by atoms with van der Waals surface area (Å²) in [6, 6.07) is 12.5. The number of carbonyl (C=O) groups is 4. The average Bonchev–Trinajstić information content (AvgIpc) is 3.43. The molecule has 3 aromatic rings. The van der Waals surface area contributed by atoms with E-state index in [2.05, 4.69) is 28.2 Å². The molecule has 0 saturated carbocycles. The van der Waals surface area contributed by atoms with Crippen LogP contribution in [0.3, 0.4) is 0 Å². The quantitative estimate of drug-likeness (QED) is 0.108. The first-order chi connectivity index (χ1) is 19.1. The van der Waals surface area contributed by atoms with E-state index in [0.29, 0.717) is 43.4 Å². The van der Waals surface area contributed by atoms with Gasteiger partial charge in [0.1, 0.15) is 5.75 Å². The number of nitrogens with zero attached hydrogens (tertiary/aromatic N) is 1. The van der Waals surface area contributed by atoms with Gasteiger partial charge < -0.3 is 20.4 Å². The largest absolute Gasteiger partial charge is 0.497 e. The molecule has 40 heavy (non-hydrogen) atoms. The maximum atomic E-state index is 13.2. The summed E-state index contributed by atoms with van der Waals surface area (Å²) in [5, 5.41) is 6.78. The Bertz CT molecular complexity index is 1380. The number of hydrogen-bond acceptors (Lipinski definition) is 6. The molecule has 0 saturated heterocycles. The van der Waals surface area contributed by atoms with Gasteiger partial charge in [-0.3, -0.25) is 24.1 Å². The summed E-state index contributed by atoms with van der Waals surface area (Å²) in [5.41, 5.74) is 2.86. The number of aromatic amines is 1. The zero-order valence-corrected chi connectivity index (χ0v) is 24.0. The van der Waals surface area contributed by atoms with E-state index < -0.39 is 4.87 Å². The fraction of sp³-hybridized carbons (Fsp3) is 0.400. The Labute approximate surface area is 239 Å². The molecule has 2 aromatic carbocycles. The van der Waals surface area contributed by atoms with E-state index in [0.717, 1.165) is 22.2 Å². The molecule has 9 nitrogen and oxygen atoms in total. The van der Waals surface area contributed by atoms with Crippen LogP contribution in [0.5, 0.6) is 5.75 Å². The van der Waals surface area contributed by atoms with Crippen molar-refractivity contribution in [3.8, 4) is 5.75 Å². The fourth-order valence-electron chi connectivity index (χ4n) is 5.03. The van der Waals surface area contributed by atoms with Crippen LogP contribution in [0.4, 0.5) is 0 Å². The van der Waals surface area contributed by atoms with E-state index in [1.807, 2.05) is 38.2 Å². The molecule has 212 valence electrons. The monoisotopic (exact) mass is 564 g/mol. The van der Waals surface area contributed by atoms with Gasteiger partial charge in [-0.2, -0.15) is 0 Å². The van der Waals surface area contributed by atoms with Gasteiger partial charge in [-0.1, -0.05) is 26.0 Å². The molecule has 10 heteroatoms. The summed E-state index contributed by atoms with van der Waals surface area (Å²) in [6.07, 6.45) is 3.94. The lowest BCUT2D eigenvalue weighted by molar-refractivity contribution is -0.130. The Hall–Kier alpha value is -3.79. The predicted molar refractivity (Wildman–Crippen MR) is 157 cm³/mol. The van der Waals surface area contributed by atoms with E-state index in [1.165, 1.54) is 4.90 Å². The van der Waals surface area contributed by atoms with Crippen molar-refractivity contribution in [1.29, 1.82) is 0 Å². The molecule has 0 bridgehead atoms. The highest BCUT2D eigenvalue weighted by Crippen LogP contribution is 2.26. The molecule has 0 fully saturated rings. The zero-order valence-electron chi connectivity index (χ0n) is 23.1. The minimum absolute atomic E-state index is 0.110. The molecule has 1 aromatic heterocycles. The lowest BCUT2D eigenvalue weighted by Crippen LogP contribution is -2.56. The summed E-state index contributed by atoms with van der Waals surface area (Å²) in [7, 11) is 1.62. The number of imide groups is 1. The lowest BCUT2D eigenvalue weighted by atomic mass is 10.0. The number of rotatable bonds is 13. The first-order valence-electron chi connectivity index (χ1n) is 13.5. The number of carbonyl (C=O) groups excluding carboxylic acids is 4. The third kappa shape index (κ3) is 6.50. The maximum absolute atomic E-state index is 13.2. The van der Waals surface area contributed by atoms with Gasteiger partial charge in [-0.15, -0.1) is 12.6 Å². The van der Waals surface area contributed by atoms with Gasteiger partial charge in [-0.25, -0.2) is 0 Å². The molecular formula is C30H36N4O5S. The van der Waals surface area contributed by atoms with Crippen molar-refractivity contribution >= 4 is 47.2 Å². The van der Waals surface area contributed by atoms with E-state index in [9.17, 15) is 19.2 Å². The first-order valence-corrected chi connectivity index (χ1v) is 14.0. The van der Waals surface area contributed by atoms with Crippen LogP contribution in [0.25, 0.3) is 10.9 Å². The van der Waals surface area contributed by atoms with E-state index in [-0.39, 0.29) is 42.5 Å². The second-order valence-electron chi connectivity index (χ2n) is 10.5. The number of unbranched alkanes of at least 4 members (excludes halogenated alkanes) is 1. The smallest absolute Gasteiger partial charge is 0.261 e. The van der Waals surface area contributed by atoms with Gasteiger partial charge in [0.15, 0.2) is 4.87 Å². The summed E-state index contributed by atoms with van der Waals surface area (Å²) in [6.45, 7) is 4.54. The van der Waals surface area contributed by atoms with Crippen LogP contribution in [-0.4, -0.2) is 58.6 Å². The van der Waals surface area contributed by atoms with Crippen molar-refractivity contribution in [2.75, 3.05) is 20.2 Å². The topological polar surface area (TPSA) is 121 Å². The van der Waals surface area contributed by atoms with E-state index >= 15 is 0 Å². The molecular weight excluding hydrogens is 528 g/mol. The number of methoxy groups -OCH3 is 1. The molecule has 0 spiro atoms. The van der Waals surface area contributed by atoms with Crippen LogP contribution in [0.2, 0.25) is 0 Å². The zero-order chi connectivity index (χ0) is 28.9. The van der Waals surface area contributed by atoms with Crippen molar-refractivity contribution in [3.05, 3.63) is 65.4 Å². The Balaban J connectivity index is 1.27. The number of hydrogen-bond donors (Lipinski definition) is 4. The second kappa shape index (κ2) is 12.6. The molecule has 0 aliphatic carbocycles. The number of fused-ring (bicyclic) bond motifs is 2. The fourth-order valence-corrected chi connectivity index (χ4v) is 5.60. The van der Waals surface area contributed by atoms with Crippen LogP contribution in [0, 0.1) is 5.92 Å². The number of nitrogens with one attached hydrogen (secondary N) is 3. The molecule has 1 aliphatic heterocycles. The standard InChI is InChI=1S/C30H36N4O5S/c1-19(2)17-30(40,29(38)31-14-13-20-18-32-25-12-11-21(39-3)16-24(20)25)33-26(35)10-6-7-15-34-27(36)22-8-4-5-9-23(22)28(34)37/h4-5,8-9,11-12,16,18-19,32,40H,6-7,10,13-15,17H2,1-3H3,(H,31,38)(H,33,35)/t30-/m1/s1. The molecule has 0 unspecified atom stereocenters. The van der Waals surface area contributed by atoms with Crippen LogP contribution < -0.4 is 15.4 Å². The van der Waals surface area contributed by atoms with Crippen LogP contribution in [-0.2, 0) is 16.0 Å². The minimum Gasteiger partial charge on any atom is -0.497 e. The Kier molecular flexibility index (Phi) is 9.19. The van der Waals surface area contributed by atoms with Crippen molar-refractivity contribution in [2.24, 2.45) is 5.92 Å². The highest BCUT2D eigenvalue weighted by atomic mass is 32.1. The van der Waals surface area contributed by atoms with Crippen LogP contribution in [0.1, 0.15) is 65.8 Å². The number of ether oxygens (including phenoxy) is 1. The van der Waals surface area contributed by atoms with Gasteiger partial charge in [0.05, 0.1) is 18.2 Å². The second-order valence-corrected chi connectivity index (χ2v) is 11.3. The Morgan fingerprint density at radius 1 is 1.07 bits per heavy atom. The van der Waals surface area contributed by atoms with Crippen LogP contribution >= 0.6 is 12.6 Å². The van der Waals surface area contributed by atoms with Gasteiger partial charge >= 0.3 is 0 Å². The van der Waals surface area contributed by atoms with Gasteiger partial charge in [0.2, 0.25) is 5.91 Å². The molecule has 4 rings (SSSR count).